The fraction of sp³-hybridized carbons (Fsp3) is 0.357. The van der Waals surface area contributed by atoms with Crippen LogP contribution in [0, 0.1) is 6.92 Å². The molecule has 2 aromatic rings. The Labute approximate surface area is 119 Å². The lowest BCUT2D eigenvalue weighted by Gasteiger charge is -2.11. The molecule has 0 fully saturated rings. The second-order valence-electron chi connectivity index (χ2n) is 4.53. The average molecular weight is 300 g/mol. The van der Waals surface area contributed by atoms with E-state index in [0.29, 0.717) is 11.3 Å². The molecular formula is C14H15F3N2S. The lowest BCUT2D eigenvalue weighted by atomic mass is 10.1. The van der Waals surface area contributed by atoms with Crippen LogP contribution >= 0.6 is 11.3 Å². The predicted molar refractivity (Wildman–Crippen MR) is 74.8 cm³/mol. The maximum Gasteiger partial charge on any atom is 0.416 e. The molecule has 2 rings (SSSR count). The number of alkyl halides is 3. The van der Waals surface area contributed by atoms with Gasteiger partial charge < -0.3 is 5.32 Å². The molecule has 0 saturated carbocycles. The van der Waals surface area contributed by atoms with E-state index in [1.165, 1.54) is 17.4 Å². The van der Waals surface area contributed by atoms with Crippen molar-refractivity contribution in [2.45, 2.75) is 26.1 Å². The summed E-state index contributed by atoms with van der Waals surface area (Å²) in [6, 6.07) is 5.35. The normalized spacial score (nSPS) is 13.5. The molecule has 20 heavy (non-hydrogen) atoms. The van der Waals surface area contributed by atoms with Crippen LogP contribution in [0.2, 0.25) is 0 Å². The molecule has 1 N–H and O–H groups in total. The molecule has 2 nitrogen and oxygen atoms in total. The highest BCUT2D eigenvalue weighted by Crippen LogP contribution is 2.36. The summed E-state index contributed by atoms with van der Waals surface area (Å²) in [7, 11) is 1.82. The van der Waals surface area contributed by atoms with E-state index in [4.69, 9.17) is 0 Å². The second-order valence-corrected chi connectivity index (χ2v) is 5.77. The van der Waals surface area contributed by atoms with Crippen LogP contribution in [-0.2, 0) is 6.18 Å². The number of benzene rings is 1. The fourth-order valence-electron chi connectivity index (χ4n) is 1.92. The van der Waals surface area contributed by atoms with Crippen molar-refractivity contribution in [3.63, 3.8) is 0 Å². The van der Waals surface area contributed by atoms with Gasteiger partial charge in [0.25, 0.3) is 0 Å². The quantitative estimate of drug-likeness (QED) is 0.907. The zero-order valence-electron chi connectivity index (χ0n) is 11.4. The molecule has 0 spiro atoms. The Morgan fingerprint density at radius 2 is 2.00 bits per heavy atom. The number of nitrogens with one attached hydrogen (secondary N) is 1. The Balaban J connectivity index is 2.52. The first kappa shape index (κ1) is 15.0. The first-order valence-electron chi connectivity index (χ1n) is 6.15. The third-order valence-corrected chi connectivity index (χ3v) is 4.20. The van der Waals surface area contributed by atoms with Gasteiger partial charge in [-0.15, -0.1) is 11.3 Å². The smallest absolute Gasteiger partial charge is 0.312 e. The van der Waals surface area contributed by atoms with E-state index in [1.807, 2.05) is 20.9 Å². The molecule has 1 aromatic heterocycles. The molecule has 108 valence electrons. The van der Waals surface area contributed by atoms with Crippen molar-refractivity contribution in [1.29, 1.82) is 0 Å². The molecule has 0 aliphatic carbocycles. The molecule has 0 bridgehead atoms. The average Bonchev–Trinajstić information content (AvgIpc) is 2.79. The summed E-state index contributed by atoms with van der Waals surface area (Å²) >= 11 is 1.50. The Kier molecular flexibility index (Phi) is 4.15. The highest BCUT2D eigenvalue weighted by Gasteiger charge is 2.31. The topological polar surface area (TPSA) is 24.9 Å². The Morgan fingerprint density at radius 1 is 1.30 bits per heavy atom. The van der Waals surface area contributed by atoms with Crippen molar-refractivity contribution in [2.24, 2.45) is 0 Å². The van der Waals surface area contributed by atoms with E-state index in [0.717, 1.165) is 22.0 Å². The monoisotopic (exact) mass is 300 g/mol. The summed E-state index contributed by atoms with van der Waals surface area (Å²) in [5, 5.41) is 3.94. The number of nitrogens with zero attached hydrogens (tertiary/aromatic N) is 1. The molecule has 1 aromatic carbocycles. The van der Waals surface area contributed by atoms with E-state index in [2.05, 4.69) is 10.3 Å². The van der Waals surface area contributed by atoms with E-state index >= 15 is 0 Å². The lowest BCUT2D eigenvalue weighted by molar-refractivity contribution is -0.137. The van der Waals surface area contributed by atoms with Crippen LogP contribution in [-0.4, -0.2) is 12.0 Å². The molecule has 0 amide bonds. The van der Waals surface area contributed by atoms with E-state index in [-0.39, 0.29) is 6.04 Å². The zero-order valence-corrected chi connectivity index (χ0v) is 12.2. The van der Waals surface area contributed by atoms with E-state index in [1.54, 1.807) is 6.07 Å². The molecule has 0 aliphatic heterocycles. The van der Waals surface area contributed by atoms with Gasteiger partial charge in [-0.25, -0.2) is 4.98 Å². The van der Waals surface area contributed by atoms with Gasteiger partial charge >= 0.3 is 6.18 Å². The van der Waals surface area contributed by atoms with Crippen LogP contribution in [0.3, 0.4) is 0 Å². The molecule has 1 unspecified atom stereocenters. The van der Waals surface area contributed by atoms with E-state index < -0.39 is 11.7 Å². The second kappa shape index (κ2) is 5.54. The Bertz CT molecular complexity index is 605. The summed E-state index contributed by atoms with van der Waals surface area (Å²) in [5.41, 5.74) is 0.477. The van der Waals surface area contributed by atoms with Gasteiger partial charge in [0, 0.05) is 16.5 Å². The van der Waals surface area contributed by atoms with Crippen LogP contribution in [0.5, 0.6) is 0 Å². The Hall–Kier alpha value is -1.40. The van der Waals surface area contributed by atoms with Gasteiger partial charge in [-0.2, -0.15) is 13.2 Å². The summed E-state index contributed by atoms with van der Waals surface area (Å²) in [5.74, 6) is 0. The number of thiazole rings is 1. The molecule has 1 atom stereocenters. The maximum atomic E-state index is 12.8. The lowest BCUT2D eigenvalue weighted by Crippen LogP contribution is -2.12. The van der Waals surface area contributed by atoms with Gasteiger partial charge in [0.15, 0.2) is 0 Å². The molecular weight excluding hydrogens is 285 g/mol. The van der Waals surface area contributed by atoms with Gasteiger partial charge in [-0.1, -0.05) is 12.1 Å². The van der Waals surface area contributed by atoms with Gasteiger partial charge in [0.05, 0.1) is 16.3 Å². The highest BCUT2D eigenvalue weighted by atomic mass is 32.1. The van der Waals surface area contributed by atoms with Gasteiger partial charge in [0.1, 0.15) is 0 Å². The SMILES string of the molecule is CNC(C)c1sc(C)nc1-c1cccc(C(F)(F)F)c1. The summed E-state index contributed by atoms with van der Waals surface area (Å²) in [4.78, 5) is 5.33. The minimum Gasteiger partial charge on any atom is -0.312 e. The standard InChI is InChI=1S/C14H15F3N2S/c1-8(18-3)13-12(19-9(2)20-13)10-5-4-6-11(7-10)14(15,16)17/h4-8,18H,1-3H3. The van der Waals surface area contributed by atoms with Crippen molar-refractivity contribution < 1.29 is 13.2 Å². The molecule has 0 radical (unpaired) electrons. The first-order chi connectivity index (χ1) is 9.32. The van der Waals surface area contributed by atoms with Crippen molar-refractivity contribution in [1.82, 2.24) is 10.3 Å². The number of rotatable bonds is 3. The minimum atomic E-state index is -4.34. The van der Waals surface area contributed by atoms with Crippen LogP contribution < -0.4 is 5.32 Å². The van der Waals surface area contributed by atoms with Crippen LogP contribution in [0.1, 0.15) is 28.4 Å². The third kappa shape index (κ3) is 3.02. The maximum absolute atomic E-state index is 12.8. The predicted octanol–water partition coefficient (Wildman–Crippen LogP) is 4.42. The van der Waals surface area contributed by atoms with E-state index in [9.17, 15) is 13.2 Å². The number of hydrogen-bond acceptors (Lipinski definition) is 3. The van der Waals surface area contributed by atoms with Crippen molar-refractivity contribution >= 4 is 11.3 Å². The minimum absolute atomic E-state index is 0.0470. The number of aryl methyl sites for hydroxylation is 1. The largest absolute Gasteiger partial charge is 0.416 e. The number of aromatic nitrogens is 1. The van der Waals surface area contributed by atoms with Crippen molar-refractivity contribution in [2.75, 3.05) is 7.05 Å². The summed E-state index contributed by atoms with van der Waals surface area (Å²) < 4.78 is 38.4. The molecule has 0 aliphatic rings. The van der Waals surface area contributed by atoms with Crippen molar-refractivity contribution in [3.05, 3.63) is 39.7 Å². The van der Waals surface area contributed by atoms with Gasteiger partial charge in [-0.05, 0) is 33.0 Å². The zero-order chi connectivity index (χ0) is 14.9. The van der Waals surface area contributed by atoms with Gasteiger partial charge in [-0.3, -0.25) is 0 Å². The number of hydrogen-bond donors (Lipinski definition) is 1. The van der Waals surface area contributed by atoms with Gasteiger partial charge in [0.2, 0.25) is 0 Å². The molecule has 1 heterocycles. The van der Waals surface area contributed by atoms with Crippen LogP contribution in [0.25, 0.3) is 11.3 Å². The molecule has 0 saturated heterocycles. The van der Waals surface area contributed by atoms with Crippen LogP contribution in [0.4, 0.5) is 13.2 Å². The summed E-state index contributed by atoms with van der Waals surface area (Å²) in [6.45, 7) is 3.82. The summed E-state index contributed by atoms with van der Waals surface area (Å²) in [6.07, 6.45) is -4.34. The molecule has 6 heteroatoms. The highest BCUT2D eigenvalue weighted by molar-refractivity contribution is 7.12. The number of halogens is 3. The fourth-order valence-corrected chi connectivity index (χ4v) is 2.93. The van der Waals surface area contributed by atoms with Crippen LogP contribution in [0.15, 0.2) is 24.3 Å². The first-order valence-corrected chi connectivity index (χ1v) is 6.96. The van der Waals surface area contributed by atoms with Crippen molar-refractivity contribution in [3.8, 4) is 11.3 Å². The third-order valence-electron chi connectivity index (χ3n) is 3.05. The Morgan fingerprint density at radius 3 is 2.60 bits per heavy atom.